The summed E-state index contributed by atoms with van der Waals surface area (Å²) in [5.74, 6) is 0. The van der Waals surface area contributed by atoms with Gasteiger partial charge in [-0.15, -0.1) is 0 Å². The Morgan fingerprint density at radius 1 is 1.27 bits per heavy atom. The Kier molecular flexibility index (Phi) is 0.977. The summed E-state index contributed by atoms with van der Waals surface area (Å²) in [5.41, 5.74) is 3.10. The van der Waals surface area contributed by atoms with E-state index in [4.69, 9.17) is 0 Å². The van der Waals surface area contributed by atoms with E-state index < -0.39 is 0 Å². The molecule has 0 amide bonds. The van der Waals surface area contributed by atoms with Gasteiger partial charge in [0, 0.05) is 12.1 Å². The molecular formula is C10H11N. The first-order valence-corrected chi connectivity index (χ1v) is 4.29. The zero-order valence-corrected chi connectivity index (χ0v) is 6.38. The lowest BCUT2D eigenvalue weighted by Crippen LogP contribution is -2.03. The van der Waals surface area contributed by atoms with Crippen LogP contribution in [0.1, 0.15) is 23.6 Å². The molecule has 0 saturated carbocycles. The quantitative estimate of drug-likeness (QED) is 0.551. The molecule has 1 nitrogen and oxygen atoms in total. The number of benzene rings is 1. The minimum absolute atomic E-state index is 0.708. The topological polar surface area (TPSA) is 21.9 Å². The van der Waals surface area contributed by atoms with Crippen LogP contribution in [-0.2, 0) is 6.42 Å². The van der Waals surface area contributed by atoms with Gasteiger partial charge in [-0.3, -0.25) is 0 Å². The van der Waals surface area contributed by atoms with E-state index in [2.05, 4.69) is 29.6 Å². The van der Waals surface area contributed by atoms with E-state index in [0.717, 1.165) is 6.04 Å². The highest BCUT2D eigenvalue weighted by atomic mass is 15.1. The van der Waals surface area contributed by atoms with E-state index in [1.54, 1.807) is 11.1 Å². The van der Waals surface area contributed by atoms with Crippen LogP contribution in [0, 0.1) is 0 Å². The van der Waals surface area contributed by atoms with E-state index in [1.165, 1.54) is 12.8 Å². The average molecular weight is 145 g/mol. The molecule has 1 aromatic carbocycles. The number of hydrogen-bond acceptors (Lipinski definition) is 1. The molecule has 1 N–H and O–H groups in total. The largest absolute Gasteiger partial charge is 0.304 e. The minimum atomic E-state index is 0.708. The molecule has 11 heavy (non-hydrogen) atoms. The Morgan fingerprint density at radius 2 is 2.18 bits per heavy atom. The van der Waals surface area contributed by atoms with Crippen LogP contribution in [0.25, 0.3) is 0 Å². The minimum Gasteiger partial charge on any atom is -0.304 e. The molecule has 56 valence electrons. The number of fused-ring (bicyclic) bond motifs is 3. The number of rotatable bonds is 0. The Labute approximate surface area is 66.4 Å². The zero-order chi connectivity index (χ0) is 7.26. The predicted octanol–water partition coefficient (Wildman–Crippen LogP) is 1.65. The lowest BCUT2D eigenvalue weighted by atomic mass is 9.92. The van der Waals surface area contributed by atoms with Crippen LogP contribution in [0.3, 0.4) is 0 Å². The molecule has 0 bridgehead atoms. The lowest BCUT2D eigenvalue weighted by Gasteiger charge is -2.11. The maximum Gasteiger partial charge on any atom is 0.0481 e. The van der Waals surface area contributed by atoms with E-state index >= 15 is 0 Å². The lowest BCUT2D eigenvalue weighted by molar-refractivity contribution is 0.745. The molecular weight excluding hydrogens is 134 g/mol. The zero-order valence-electron chi connectivity index (χ0n) is 6.38. The van der Waals surface area contributed by atoms with E-state index in [0.29, 0.717) is 6.04 Å². The molecule has 0 spiro atoms. The Balaban J connectivity index is 2.14. The molecule has 2 atom stereocenters. The van der Waals surface area contributed by atoms with Crippen molar-refractivity contribution in [2.75, 3.05) is 0 Å². The highest BCUT2D eigenvalue weighted by Gasteiger charge is 2.40. The maximum absolute atomic E-state index is 3.49. The van der Waals surface area contributed by atoms with Gasteiger partial charge in [0.15, 0.2) is 0 Å². The number of nitrogens with one attached hydrogen (secondary N) is 1. The summed E-state index contributed by atoms with van der Waals surface area (Å²) in [5, 5.41) is 3.49. The van der Waals surface area contributed by atoms with E-state index in [1.807, 2.05) is 0 Å². The summed E-state index contributed by atoms with van der Waals surface area (Å²) in [6, 6.07) is 10.3. The molecule has 1 aromatic rings. The summed E-state index contributed by atoms with van der Waals surface area (Å²) < 4.78 is 0. The van der Waals surface area contributed by atoms with Gasteiger partial charge in [0.2, 0.25) is 0 Å². The summed E-state index contributed by atoms with van der Waals surface area (Å²) in [6.07, 6.45) is 2.60. The first-order chi connectivity index (χ1) is 5.45. The molecule has 1 heteroatoms. The van der Waals surface area contributed by atoms with Gasteiger partial charge in [-0.1, -0.05) is 24.3 Å². The van der Waals surface area contributed by atoms with Crippen LogP contribution >= 0.6 is 0 Å². The first kappa shape index (κ1) is 5.78. The fourth-order valence-electron chi connectivity index (χ4n) is 2.11. The second kappa shape index (κ2) is 1.86. The van der Waals surface area contributed by atoms with Gasteiger partial charge in [-0.05, 0) is 24.0 Å². The fraction of sp³-hybridized carbons (Fsp3) is 0.400. The van der Waals surface area contributed by atoms with E-state index in [9.17, 15) is 0 Å². The SMILES string of the molecule is c1ccc2c(c1)CC[C@H]1N[C@H]21. The highest BCUT2D eigenvalue weighted by Crippen LogP contribution is 2.39. The molecule has 3 rings (SSSR count). The van der Waals surface area contributed by atoms with Crippen LogP contribution in [0.5, 0.6) is 0 Å². The normalized spacial score (nSPS) is 32.4. The van der Waals surface area contributed by atoms with Crippen molar-refractivity contribution in [3.8, 4) is 0 Å². The second-order valence-electron chi connectivity index (χ2n) is 3.49. The molecule has 0 aromatic heterocycles. The van der Waals surface area contributed by atoms with Gasteiger partial charge in [0.25, 0.3) is 0 Å². The summed E-state index contributed by atoms with van der Waals surface area (Å²) in [6.45, 7) is 0. The monoisotopic (exact) mass is 145 g/mol. The Bertz CT molecular complexity index is 293. The van der Waals surface area contributed by atoms with Gasteiger partial charge < -0.3 is 5.32 Å². The Hall–Kier alpha value is -0.820. The molecule has 1 heterocycles. The van der Waals surface area contributed by atoms with Crippen molar-refractivity contribution in [2.45, 2.75) is 24.9 Å². The first-order valence-electron chi connectivity index (χ1n) is 4.29. The third kappa shape index (κ3) is 0.746. The van der Waals surface area contributed by atoms with Crippen molar-refractivity contribution in [1.82, 2.24) is 5.32 Å². The number of hydrogen-bond donors (Lipinski definition) is 1. The highest BCUT2D eigenvalue weighted by molar-refractivity contribution is 5.37. The van der Waals surface area contributed by atoms with Crippen LogP contribution in [0.15, 0.2) is 24.3 Å². The van der Waals surface area contributed by atoms with Crippen LogP contribution < -0.4 is 5.32 Å². The second-order valence-corrected chi connectivity index (χ2v) is 3.49. The van der Waals surface area contributed by atoms with Gasteiger partial charge >= 0.3 is 0 Å². The predicted molar refractivity (Wildman–Crippen MR) is 44.4 cm³/mol. The van der Waals surface area contributed by atoms with Crippen molar-refractivity contribution in [1.29, 1.82) is 0 Å². The van der Waals surface area contributed by atoms with Crippen LogP contribution in [0.4, 0.5) is 0 Å². The molecule has 1 fully saturated rings. The fourth-order valence-corrected chi connectivity index (χ4v) is 2.11. The summed E-state index contributed by atoms with van der Waals surface area (Å²) in [7, 11) is 0. The Morgan fingerprint density at radius 3 is 3.18 bits per heavy atom. The van der Waals surface area contributed by atoms with Crippen molar-refractivity contribution >= 4 is 0 Å². The van der Waals surface area contributed by atoms with Crippen molar-refractivity contribution in [2.24, 2.45) is 0 Å². The van der Waals surface area contributed by atoms with Crippen LogP contribution in [-0.4, -0.2) is 6.04 Å². The van der Waals surface area contributed by atoms with Crippen LogP contribution in [0.2, 0.25) is 0 Å². The van der Waals surface area contributed by atoms with Gasteiger partial charge in [-0.2, -0.15) is 0 Å². The molecule has 0 radical (unpaired) electrons. The van der Waals surface area contributed by atoms with Crippen molar-refractivity contribution in [3.05, 3.63) is 35.4 Å². The van der Waals surface area contributed by atoms with Gasteiger partial charge in [-0.25, -0.2) is 0 Å². The summed E-state index contributed by atoms with van der Waals surface area (Å²) in [4.78, 5) is 0. The third-order valence-corrected chi connectivity index (χ3v) is 2.80. The van der Waals surface area contributed by atoms with Gasteiger partial charge in [0.1, 0.15) is 0 Å². The summed E-state index contributed by atoms with van der Waals surface area (Å²) >= 11 is 0. The molecule has 1 aliphatic carbocycles. The third-order valence-electron chi connectivity index (χ3n) is 2.80. The smallest absolute Gasteiger partial charge is 0.0481 e. The molecule has 1 aliphatic heterocycles. The van der Waals surface area contributed by atoms with Gasteiger partial charge in [0.05, 0.1) is 0 Å². The molecule has 1 saturated heterocycles. The molecule has 0 unspecified atom stereocenters. The average Bonchev–Trinajstić information content (AvgIpc) is 2.83. The van der Waals surface area contributed by atoms with Crippen molar-refractivity contribution < 1.29 is 0 Å². The standard InChI is InChI=1S/C10H11N/c1-2-4-8-7(3-1)5-6-9-10(8)11-9/h1-4,9-11H,5-6H2/t9-,10-/m1/s1. The van der Waals surface area contributed by atoms with Crippen molar-refractivity contribution in [3.63, 3.8) is 0 Å². The number of aryl methyl sites for hydroxylation is 1. The van der Waals surface area contributed by atoms with E-state index in [-0.39, 0.29) is 0 Å². The molecule has 2 aliphatic rings. The maximum atomic E-state index is 3.49.